The Morgan fingerprint density at radius 2 is 0.675 bits per heavy atom. The first-order valence-corrected chi connectivity index (χ1v) is 13.8. The summed E-state index contributed by atoms with van der Waals surface area (Å²) in [6.07, 6.45) is 0. The molecular weight excluding hydrogens is 490 g/mol. The lowest BCUT2D eigenvalue weighted by molar-refractivity contribution is 0.677. The summed E-state index contributed by atoms with van der Waals surface area (Å²) in [7, 11) is 0. The van der Waals surface area contributed by atoms with Crippen LogP contribution in [0.2, 0.25) is 0 Å². The van der Waals surface area contributed by atoms with Gasteiger partial charge in [0.15, 0.2) is 0 Å². The molecular formula is C36H17N3O. The summed E-state index contributed by atoms with van der Waals surface area (Å²) < 4.78 is 7.04. The average molecular weight is 508 g/mol. The highest BCUT2D eigenvalue weighted by Crippen LogP contribution is 2.54. The SMILES string of the molecule is c1ccc2c(c1)c1[nH]c3ccc4[nH]c5c6ccccc6c6oc7c8ccccc8c8[nH]c2c2c1c3c4c5c6c7c82. The fourth-order valence-electron chi connectivity index (χ4n) is 8.29. The Kier molecular flexibility index (Phi) is 2.69. The Hall–Kier alpha value is -5.48. The van der Waals surface area contributed by atoms with Crippen molar-refractivity contribution in [3.63, 3.8) is 0 Å². The molecule has 0 aliphatic rings. The predicted molar refractivity (Wildman–Crippen MR) is 168 cm³/mol. The van der Waals surface area contributed by atoms with Crippen molar-refractivity contribution in [1.29, 1.82) is 0 Å². The van der Waals surface area contributed by atoms with Crippen molar-refractivity contribution in [2.24, 2.45) is 0 Å². The Morgan fingerprint density at radius 3 is 1.18 bits per heavy atom. The molecule has 4 nitrogen and oxygen atoms in total. The number of H-pyrrole nitrogens is 3. The molecule has 0 saturated heterocycles. The third kappa shape index (κ3) is 1.73. The van der Waals surface area contributed by atoms with Crippen LogP contribution in [0.3, 0.4) is 0 Å². The number of nitrogens with one attached hydrogen (secondary N) is 3. The molecule has 4 aromatic heterocycles. The topological polar surface area (TPSA) is 60.5 Å². The Bertz CT molecular complexity index is 2830. The number of hydrogen-bond donors (Lipinski definition) is 3. The second-order valence-electron chi connectivity index (χ2n) is 11.4. The third-order valence-corrected chi connectivity index (χ3v) is 9.73. The summed E-state index contributed by atoms with van der Waals surface area (Å²) in [4.78, 5) is 11.7. The molecule has 0 aliphatic heterocycles. The molecule has 0 amide bonds. The van der Waals surface area contributed by atoms with E-state index in [0.717, 1.165) is 27.5 Å². The van der Waals surface area contributed by atoms with Crippen LogP contribution in [0, 0.1) is 0 Å². The van der Waals surface area contributed by atoms with E-state index in [1.807, 2.05) is 0 Å². The van der Waals surface area contributed by atoms with E-state index in [1.165, 1.54) is 92.2 Å². The quantitative estimate of drug-likeness (QED) is 0.188. The van der Waals surface area contributed by atoms with Crippen molar-refractivity contribution in [3.05, 3.63) is 84.9 Å². The molecule has 0 bridgehead atoms. The van der Waals surface area contributed by atoms with Gasteiger partial charge in [0.2, 0.25) is 0 Å². The number of benzene rings is 7. The summed E-state index contributed by atoms with van der Waals surface area (Å²) in [5, 5.41) is 17.3. The summed E-state index contributed by atoms with van der Waals surface area (Å²) in [6, 6.07) is 30.6. The number of fused-ring (bicyclic) bond motifs is 9. The third-order valence-electron chi connectivity index (χ3n) is 9.73. The molecule has 12 rings (SSSR count). The number of furan rings is 1. The molecule has 40 heavy (non-hydrogen) atoms. The molecule has 0 saturated carbocycles. The molecule has 0 spiro atoms. The van der Waals surface area contributed by atoms with Crippen molar-refractivity contribution in [3.8, 4) is 0 Å². The zero-order valence-corrected chi connectivity index (χ0v) is 21.0. The van der Waals surface area contributed by atoms with Crippen LogP contribution in [0.25, 0.3) is 120 Å². The number of aromatic nitrogens is 3. The molecule has 3 N–H and O–H groups in total. The maximum absolute atomic E-state index is 7.04. The first kappa shape index (κ1) is 18.7. The van der Waals surface area contributed by atoms with Crippen LogP contribution < -0.4 is 0 Å². The molecule has 0 unspecified atom stereocenters. The molecule has 0 atom stereocenters. The van der Waals surface area contributed by atoms with Crippen LogP contribution in [0.4, 0.5) is 0 Å². The van der Waals surface area contributed by atoms with Crippen molar-refractivity contribution in [1.82, 2.24) is 15.0 Å². The molecule has 12 aromatic rings. The first-order chi connectivity index (χ1) is 19.9. The van der Waals surface area contributed by atoms with Gasteiger partial charge in [0, 0.05) is 86.4 Å². The minimum absolute atomic E-state index is 0.971. The Balaban J connectivity index is 1.64. The van der Waals surface area contributed by atoms with E-state index in [9.17, 15) is 0 Å². The van der Waals surface area contributed by atoms with Gasteiger partial charge in [0.1, 0.15) is 11.2 Å². The molecule has 0 fully saturated rings. The van der Waals surface area contributed by atoms with Gasteiger partial charge in [-0.05, 0) is 12.1 Å². The zero-order valence-electron chi connectivity index (χ0n) is 21.0. The Morgan fingerprint density at radius 1 is 0.325 bits per heavy atom. The van der Waals surface area contributed by atoms with E-state index in [0.29, 0.717) is 0 Å². The van der Waals surface area contributed by atoms with Gasteiger partial charge < -0.3 is 19.4 Å². The molecule has 4 heteroatoms. The monoisotopic (exact) mass is 507 g/mol. The van der Waals surface area contributed by atoms with Crippen LogP contribution in [0.1, 0.15) is 0 Å². The number of aromatic amines is 3. The normalized spacial score (nSPS) is 13.5. The van der Waals surface area contributed by atoms with Crippen molar-refractivity contribution < 1.29 is 4.42 Å². The zero-order chi connectivity index (χ0) is 25.4. The maximum atomic E-state index is 7.04. The molecule has 0 radical (unpaired) electrons. The lowest BCUT2D eigenvalue weighted by Crippen LogP contribution is -1.83. The second kappa shape index (κ2) is 5.75. The van der Waals surface area contributed by atoms with Crippen LogP contribution in [-0.4, -0.2) is 15.0 Å². The van der Waals surface area contributed by atoms with Crippen LogP contribution in [0.15, 0.2) is 89.3 Å². The van der Waals surface area contributed by atoms with E-state index in [-0.39, 0.29) is 0 Å². The first-order valence-electron chi connectivity index (χ1n) is 13.8. The van der Waals surface area contributed by atoms with Gasteiger partial charge in [-0.15, -0.1) is 0 Å². The number of rotatable bonds is 0. The highest BCUT2D eigenvalue weighted by atomic mass is 16.3. The van der Waals surface area contributed by atoms with E-state index < -0.39 is 0 Å². The lowest BCUT2D eigenvalue weighted by atomic mass is 9.90. The standard InChI is InChI=1S/C36H17N3O/c1-2-8-16-15(7-1)31-25-23-21(37-31)13-14-22-24(23)26-29-30-28-27(25)33(16)39-34(28)18-10-4-6-12-20(18)36(30)40-35(29)19-11-5-3-9-17(19)32(26)38-22/h1-14,37-39H. The largest absolute Gasteiger partial charge is 0.455 e. The van der Waals surface area contributed by atoms with Gasteiger partial charge >= 0.3 is 0 Å². The van der Waals surface area contributed by atoms with Crippen LogP contribution in [-0.2, 0) is 0 Å². The molecule has 8 aromatic carbocycles. The fourth-order valence-corrected chi connectivity index (χ4v) is 8.29. The van der Waals surface area contributed by atoms with Gasteiger partial charge in [0.05, 0.1) is 22.1 Å². The summed E-state index contributed by atoms with van der Waals surface area (Å²) in [5.41, 5.74) is 9.02. The van der Waals surface area contributed by atoms with E-state index in [1.54, 1.807) is 0 Å². The molecule has 0 aliphatic carbocycles. The smallest absolute Gasteiger partial charge is 0.144 e. The predicted octanol–water partition coefficient (Wildman–Crippen LogP) is 10.3. The summed E-state index contributed by atoms with van der Waals surface area (Å²) in [5.74, 6) is 0. The minimum atomic E-state index is 0.971. The Labute approximate surface area is 223 Å². The lowest BCUT2D eigenvalue weighted by Gasteiger charge is -2.08. The van der Waals surface area contributed by atoms with Gasteiger partial charge in [-0.25, -0.2) is 0 Å². The maximum Gasteiger partial charge on any atom is 0.144 e. The average Bonchev–Trinajstić information content (AvgIpc) is 3.75. The van der Waals surface area contributed by atoms with E-state index in [4.69, 9.17) is 4.42 Å². The molecule has 4 heterocycles. The van der Waals surface area contributed by atoms with Gasteiger partial charge in [-0.3, -0.25) is 0 Å². The summed E-state index contributed by atoms with van der Waals surface area (Å²) >= 11 is 0. The molecule has 182 valence electrons. The van der Waals surface area contributed by atoms with Crippen molar-refractivity contribution >= 4 is 120 Å². The van der Waals surface area contributed by atoms with Crippen LogP contribution >= 0.6 is 0 Å². The van der Waals surface area contributed by atoms with Gasteiger partial charge in [-0.2, -0.15) is 0 Å². The summed E-state index contributed by atoms with van der Waals surface area (Å²) in [6.45, 7) is 0. The highest BCUT2D eigenvalue weighted by molar-refractivity contribution is 6.51. The fraction of sp³-hybridized carbons (Fsp3) is 0. The highest BCUT2D eigenvalue weighted by Gasteiger charge is 2.29. The van der Waals surface area contributed by atoms with E-state index in [2.05, 4.69) is 99.9 Å². The second-order valence-corrected chi connectivity index (χ2v) is 11.4. The van der Waals surface area contributed by atoms with Crippen LogP contribution in [0.5, 0.6) is 0 Å². The van der Waals surface area contributed by atoms with Crippen molar-refractivity contribution in [2.45, 2.75) is 0 Å². The van der Waals surface area contributed by atoms with Crippen molar-refractivity contribution in [2.75, 3.05) is 0 Å². The van der Waals surface area contributed by atoms with Gasteiger partial charge in [-0.1, -0.05) is 72.8 Å². The minimum Gasteiger partial charge on any atom is -0.455 e. The number of hydrogen-bond acceptors (Lipinski definition) is 1. The van der Waals surface area contributed by atoms with E-state index >= 15 is 0 Å². The van der Waals surface area contributed by atoms with Gasteiger partial charge in [0.25, 0.3) is 0 Å².